The zero-order valence-corrected chi connectivity index (χ0v) is 10.9. The second-order valence-corrected chi connectivity index (χ2v) is 4.75. The smallest absolute Gasteiger partial charge is 0.358 e. The average molecular weight is 260 g/mol. The van der Waals surface area contributed by atoms with Crippen LogP contribution < -0.4 is 0 Å². The lowest BCUT2D eigenvalue weighted by atomic mass is 10.2. The molecule has 1 aromatic heterocycles. The fraction of sp³-hybridized carbons (Fsp3) is 0.154. The molecular formula is C13H12N2O2S. The Labute approximate surface area is 109 Å². The Morgan fingerprint density at radius 2 is 2.17 bits per heavy atom. The molecule has 18 heavy (non-hydrogen) atoms. The highest BCUT2D eigenvalue weighted by molar-refractivity contribution is 7.99. The highest BCUT2D eigenvalue weighted by atomic mass is 32.2. The number of nitrogens with zero attached hydrogens (tertiary/aromatic N) is 2. The lowest BCUT2D eigenvalue weighted by Crippen LogP contribution is -2.05. The molecule has 4 nitrogen and oxygen atoms in total. The van der Waals surface area contributed by atoms with Gasteiger partial charge in [-0.1, -0.05) is 29.5 Å². The van der Waals surface area contributed by atoms with E-state index in [0.29, 0.717) is 5.03 Å². The molecule has 92 valence electrons. The molecule has 0 spiro atoms. The standard InChI is InChI=1S/C13H12N2O2S/c1-9-4-3-5-10(6-9)18-12-8-14-7-11(15-12)13(16)17-2/h3-8H,1-2H3. The van der Waals surface area contributed by atoms with E-state index in [1.54, 1.807) is 6.20 Å². The van der Waals surface area contributed by atoms with Gasteiger partial charge >= 0.3 is 5.97 Å². The maximum absolute atomic E-state index is 11.3. The number of aryl methyl sites for hydroxylation is 1. The molecule has 0 bridgehead atoms. The van der Waals surface area contributed by atoms with Gasteiger partial charge in [-0.05, 0) is 19.1 Å². The summed E-state index contributed by atoms with van der Waals surface area (Å²) in [6.07, 6.45) is 3.02. The maximum Gasteiger partial charge on any atom is 0.358 e. The van der Waals surface area contributed by atoms with Crippen molar-refractivity contribution in [2.24, 2.45) is 0 Å². The van der Waals surface area contributed by atoms with E-state index in [1.165, 1.54) is 30.6 Å². The van der Waals surface area contributed by atoms with Crippen LogP contribution in [0.3, 0.4) is 0 Å². The van der Waals surface area contributed by atoms with Gasteiger partial charge in [0.15, 0.2) is 5.69 Å². The van der Waals surface area contributed by atoms with Gasteiger partial charge in [-0.15, -0.1) is 0 Å². The first-order valence-corrected chi connectivity index (χ1v) is 6.15. The van der Waals surface area contributed by atoms with Gasteiger partial charge in [0.1, 0.15) is 5.03 Å². The molecule has 0 saturated heterocycles. The number of esters is 1. The van der Waals surface area contributed by atoms with E-state index in [4.69, 9.17) is 0 Å². The Kier molecular flexibility index (Phi) is 3.94. The number of hydrogen-bond donors (Lipinski definition) is 0. The van der Waals surface area contributed by atoms with Crippen molar-refractivity contribution in [2.45, 2.75) is 16.8 Å². The average Bonchev–Trinajstić information content (AvgIpc) is 2.38. The molecule has 0 amide bonds. The first kappa shape index (κ1) is 12.6. The molecule has 1 heterocycles. The van der Waals surface area contributed by atoms with E-state index in [9.17, 15) is 4.79 Å². The number of methoxy groups -OCH3 is 1. The topological polar surface area (TPSA) is 52.1 Å². The maximum atomic E-state index is 11.3. The number of ether oxygens (including phenoxy) is 1. The number of rotatable bonds is 3. The Hall–Kier alpha value is -1.88. The van der Waals surface area contributed by atoms with Crippen molar-refractivity contribution in [1.29, 1.82) is 0 Å². The summed E-state index contributed by atoms with van der Waals surface area (Å²) in [5.41, 5.74) is 1.40. The Morgan fingerprint density at radius 1 is 1.33 bits per heavy atom. The fourth-order valence-corrected chi connectivity index (χ4v) is 2.29. The van der Waals surface area contributed by atoms with E-state index in [1.807, 2.05) is 25.1 Å². The molecule has 0 fully saturated rings. The van der Waals surface area contributed by atoms with Gasteiger partial charge in [-0.3, -0.25) is 4.98 Å². The minimum atomic E-state index is -0.478. The van der Waals surface area contributed by atoms with E-state index >= 15 is 0 Å². The molecule has 2 rings (SSSR count). The molecule has 0 saturated carbocycles. The van der Waals surface area contributed by atoms with Crippen LogP contribution in [0.1, 0.15) is 16.1 Å². The summed E-state index contributed by atoms with van der Waals surface area (Å²) in [5.74, 6) is -0.478. The zero-order valence-electron chi connectivity index (χ0n) is 10.1. The van der Waals surface area contributed by atoms with Crippen LogP contribution in [0.25, 0.3) is 0 Å². The van der Waals surface area contributed by atoms with Crippen LogP contribution in [0, 0.1) is 6.92 Å². The molecule has 2 aromatic rings. The number of carbonyl (C=O) groups is 1. The van der Waals surface area contributed by atoms with Crippen molar-refractivity contribution in [3.8, 4) is 0 Å². The van der Waals surface area contributed by atoms with Crippen molar-refractivity contribution in [1.82, 2.24) is 9.97 Å². The summed E-state index contributed by atoms with van der Waals surface area (Å²) in [4.78, 5) is 20.6. The molecule has 5 heteroatoms. The highest BCUT2D eigenvalue weighted by Gasteiger charge is 2.09. The Bertz CT molecular complexity index is 572. The van der Waals surface area contributed by atoms with Gasteiger partial charge in [0, 0.05) is 4.90 Å². The van der Waals surface area contributed by atoms with Crippen LogP contribution in [0.5, 0.6) is 0 Å². The van der Waals surface area contributed by atoms with Crippen LogP contribution >= 0.6 is 11.8 Å². The van der Waals surface area contributed by atoms with E-state index in [-0.39, 0.29) is 5.69 Å². The quantitative estimate of drug-likeness (QED) is 0.794. The molecule has 0 aliphatic carbocycles. The summed E-state index contributed by atoms with van der Waals surface area (Å²) in [5, 5.41) is 0.670. The van der Waals surface area contributed by atoms with Gasteiger partial charge in [0.05, 0.1) is 19.5 Å². The van der Waals surface area contributed by atoms with Crippen LogP contribution in [0.4, 0.5) is 0 Å². The Morgan fingerprint density at radius 3 is 2.89 bits per heavy atom. The second kappa shape index (κ2) is 5.64. The number of benzene rings is 1. The van der Waals surface area contributed by atoms with Gasteiger partial charge < -0.3 is 4.74 Å². The summed E-state index contributed by atoms with van der Waals surface area (Å²) < 4.78 is 4.61. The number of carbonyl (C=O) groups excluding carboxylic acids is 1. The third kappa shape index (κ3) is 3.07. The van der Waals surface area contributed by atoms with E-state index in [2.05, 4.69) is 20.8 Å². The predicted molar refractivity (Wildman–Crippen MR) is 68.7 cm³/mol. The van der Waals surface area contributed by atoms with Crippen LogP contribution in [-0.2, 0) is 4.74 Å². The van der Waals surface area contributed by atoms with Crippen LogP contribution in [-0.4, -0.2) is 23.0 Å². The first-order chi connectivity index (χ1) is 8.69. The molecule has 0 unspecified atom stereocenters. The fourth-order valence-electron chi connectivity index (χ4n) is 1.40. The van der Waals surface area contributed by atoms with Crippen LogP contribution in [0.2, 0.25) is 0 Å². The largest absolute Gasteiger partial charge is 0.464 e. The third-order valence-electron chi connectivity index (χ3n) is 2.22. The van der Waals surface area contributed by atoms with Gasteiger partial charge in [-0.2, -0.15) is 0 Å². The lowest BCUT2D eigenvalue weighted by molar-refractivity contribution is 0.0592. The lowest BCUT2D eigenvalue weighted by Gasteiger charge is -2.03. The third-order valence-corrected chi connectivity index (χ3v) is 3.11. The minimum Gasteiger partial charge on any atom is -0.464 e. The summed E-state index contributed by atoms with van der Waals surface area (Å²) >= 11 is 1.46. The van der Waals surface area contributed by atoms with Crippen LogP contribution in [0.15, 0.2) is 46.6 Å². The van der Waals surface area contributed by atoms with Gasteiger partial charge in [0.2, 0.25) is 0 Å². The molecule has 0 atom stereocenters. The van der Waals surface area contributed by atoms with Crippen molar-refractivity contribution < 1.29 is 9.53 Å². The number of aromatic nitrogens is 2. The molecule has 0 aliphatic rings. The normalized spacial score (nSPS) is 10.1. The van der Waals surface area contributed by atoms with Crippen molar-refractivity contribution in [3.05, 3.63) is 47.9 Å². The molecule has 0 radical (unpaired) electrons. The van der Waals surface area contributed by atoms with Crippen molar-refractivity contribution >= 4 is 17.7 Å². The molecule has 0 N–H and O–H groups in total. The summed E-state index contributed by atoms with van der Waals surface area (Å²) in [6.45, 7) is 2.03. The summed E-state index contributed by atoms with van der Waals surface area (Å²) in [7, 11) is 1.32. The number of hydrogen-bond acceptors (Lipinski definition) is 5. The monoisotopic (exact) mass is 260 g/mol. The predicted octanol–water partition coefficient (Wildman–Crippen LogP) is 2.72. The highest BCUT2D eigenvalue weighted by Crippen LogP contribution is 2.26. The minimum absolute atomic E-state index is 0.218. The van der Waals surface area contributed by atoms with Crippen molar-refractivity contribution in [3.63, 3.8) is 0 Å². The summed E-state index contributed by atoms with van der Waals surface area (Å²) in [6, 6.07) is 8.05. The molecule has 1 aromatic carbocycles. The first-order valence-electron chi connectivity index (χ1n) is 5.34. The molecule has 0 aliphatic heterocycles. The molecular weight excluding hydrogens is 248 g/mol. The van der Waals surface area contributed by atoms with E-state index < -0.39 is 5.97 Å². The Balaban J connectivity index is 2.22. The van der Waals surface area contributed by atoms with Gasteiger partial charge in [-0.25, -0.2) is 9.78 Å². The van der Waals surface area contributed by atoms with Gasteiger partial charge in [0.25, 0.3) is 0 Å². The van der Waals surface area contributed by atoms with Crippen molar-refractivity contribution in [2.75, 3.05) is 7.11 Å². The SMILES string of the molecule is COC(=O)c1cncc(Sc2cccc(C)c2)n1. The van der Waals surface area contributed by atoms with E-state index in [0.717, 1.165) is 4.90 Å². The second-order valence-electron chi connectivity index (χ2n) is 3.65. The zero-order chi connectivity index (χ0) is 13.0.